The molecule has 0 spiro atoms. The maximum Gasteiger partial charge on any atom is 0.247 e. The predicted octanol–water partition coefficient (Wildman–Crippen LogP) is 6.62. The molecule has 0 aromatic heterocycles. The summed E-state index contributed by atoms with van der Waals surface area (Å²) in [4.78, 5) is 15.2. The lowest BCUT2D eigenvalue weighted by molar-refractivity contribution is -0.129. The minimum absolute atomic E-state index is 0.144. The summed E-state index contributed by atoms with van der Waals surface area (Å²) in [5.74, 6) is 0.144. The Morgan fingerprint density at radius 3 is 1.96 bits per heavy atom. The lowest BCUT2D eigenvalue weighted by Crippen LogP contribution is -2.31. The monoisotopic (exact) mass is 361 g/mol. The average Bonchev–Trinajstić information content (AvgIpc) is 3.17. The maximum absolute atomic E-state index is 13.1. The zero-order chi connectivity index (χ0) is 18.9. The molecule has 27 heavy (non-hydrogen) atoms. The molecule has 1 aliphatic heterocycles. The van der Waals surface area contributed by atoms with E-state index < -0.39 is 0 Å². The third kappa shape index (κ3) is 5.09. The van der Waals surface area contributed by atoms with Crippen molar-refractivity contribution >= 4 is 5.91 Å². The first-order chi connectivity index (χ1) is 13.3. The standard InChI is InChI=1S/C25H31NO/c1-2-3-4-5-6-13-18-25(27)26-23(21-14-9-7-10-15-21)19-20-24(26)22-16-11-8-12-17-22/h7-18,23-24H,2-6,19-20H2,1H3/t23-,24-/m0/s1. The second kappa shape index (κ2) is 10.1. The summed E-state index contributed by atoms with van der Waals surface area (Å²) in [7, 11) is 0. The van der Waals surface area contributed by atoms with Crippen LogP contribution < -0.4 is 0 Å². The molecule has 1 saturated heterocycles. The quantitative estimate of drug-likeness (QED) is 0.382. The van der Waals surface area contributed by atoms with E-state index in [2.05, 4.69) is 66.4 Å². The molecule has 1 amide bonds. The van der Waals surface area contributed by atoms with Gasteiger partial charge in [0.05, 0.1) is 12.1 Å². The molecule has 3 rings (SSSR count). The third-order valence-corrected chi connectivity index (χ3v) is 5.49. The van der Waals surface area contributed by atoms with E-state index in [4.69, 9.17) is 0 Å². The molecule has 2 nitrogen and oxygen atoms in total. The van der Waals surface area contributed by atoms with Crippen molar-refractivity contribution < 1.29 is 4.79 Å². The predicted molar refractivity (Wildman–Crippen MR) is 112 cm³/mol. The Kier molecular flexibility index (Phi) is 7.27. The molecule has 0 N–H and O–H groups in total. The van der Waals surface area contributed by atoms with Gasteiger partial charge in [0.2, 0.25) is 5.91 Å². The van der Waals surface area contributed by atoms with Gasteiger partial charge in [-0.15, -0.1) is 0 Å². The van der Waals surface area contributed by atoms with Crippen LogP contribution >= 0.6 is 0 Å². The number of nitrogens with zero attached hydrogens (tertiary/aromatic N) is 1. The number of allylic oxidation sites excluding steroid dienone is 1. The molecule has 0 bridgehead atoms. The molecule has 1 aliphatic rings. The highest BCUT2D eigenvalue weighted by Gasteiger charge is 2.37. The van der Waals surface area contributed by atoms with Crippen molar-refractivity contribution in [3.63, 3.8) is 0 Å². The summed E-state index contributed by atoms with van der Waals surface area (Å²) in [5, 5.41) is 0. The fourth-order valence-electron chi connectivity index (χ4n) is 4.08. The van der Waals surface area contributed by atoms with Crippen LogP contribution in [0.3, 0.4) is 0 Å². The normalized spacial score (nSPS) is 19.7. The zero-order valence-corrected chi connectivity index (χ0v) is 16.4. The number of hydrogen-bond acceptors (Lipinski definition) is 1. The summed E-state index contributed by atoms with van der Waals surface area (Å²) in [6.45, 7) is 2.22. The highest BCUT2D eigenvalue weighted by atomic mass is 16.2. The van der Waals surface area contributed by atoms with Crippen LogP contribution in [0.15, 0.2) is 72.8 Å². The van der Waals surface area contributed by atoms with Crippen LogP contribution in [0.4, 0.5) is 0 Å². The molecule has 2 heteroatoms. The Morgan fingerprint density at radius 1 is 0.889 bits per heavy atom. The summed E-state index contributed by atoms with van der Waals surface area (Å²) >= 11 is 0. The highest BCUT2D eigenvalue weighted by Crippen LogP contribution is 2.44. The van der Waals surface area contributed by atoms with E-state index in [9.17, 15) is 4.79 Å². The fourth-order valence-corrected chi connectivity index (χ4v) is 4.08. The van der Waals surface area contributed by atoms with Gasteiger partial charge in [0.25, 0.3) is 0 Å². The third-order valence-electron chi connectivity index (χ3n) is 5.49. The number of hydrogen-bond donors (Lipinski definition) is 0. The molecule has 0 unspecified atom stereocenters. The highest BCUT2D eigenvalue weighted by molar-refractivity contribution is 5.88. The molecular formula is C25H31NO. The van der Waals surface area contributed by atoms with E-state index in [0.29, 0.717) is 0 Å². The van der Waals surface area contributed by atoms with Gasteiger partial charge in [-0.2, -0.15) is 0 Å². The molecule has 0 radical (unpaired) electrons. The Balaban J connectivity index is 1.76. The van der Waals surface area contributed by atoms with Gasteiger partial charge in [0.15, 0.2) is 0 Å². The van der Waals surface area contributed by atoms with Crippen LogP contribution in [0.2, 0.25) is 0 Å². The van der Waals surface area contributed by atoms with E-state index in [1.807, 2.05) is 18.2 Å². The molecular weight excluding hydrogens is 330 g/mol. The van der Waals surface area contributed by atoms with Crippen LogP contribution in [0.1, 0.15) is 75.1 Å². The van der Waals surface area contributed by atoms with Gasteiger partial charge in [-0.25, -0.2) is 0 Å². The SMILES string of the molecule is CCCCCCC=CC(=O)N1[C@H](c2ccccc2)CC[C@H]1c1ccccc1. The van der Waals surface area contributed by atoms with Gasteiger partial charge < -0.3 is 4.90 Å². The van der Waals surface area contributed by atoms with Crippen molar-refractivity contribution in [1.29, 1.82) is 0 Å². The molecule has 1 fully saturated rings. The Bertz CT molecular complexity index is 675. The summed E-state index contributed by atoms with van der Waals surface area (Å²) in [6, 6.07) is 21.2. The van der Waals surface area contributed by atoms with Crippen molar-refractivity contribution in [2.24, 2.45) is 0 Å². The number of carbonyl (C=O) groups is 1. The maximum atomic E-state index is 13.1. The number of likely N-dealkylation sites (tertiary alicyclic amines) is 1. The molecule has 2 atom stereocenters. The van der Waals surface area contributed by atoms with Gasteiger partial charge in [-0.3, -0.25) is 4.79 Å². The van der Waals surface area contributed by atoms with Crippen molar-refractivity contribution in [1.82, 2.24) is 4.90 Å². The minimum Gasteiger partial charge on any atom is -0.325 e. The largest absolute Gasteiger partial charge is 0.325 e. The summed E-state index contributed by atoms with van der Waals surface area (Å²) in [6.07, 6.45) is 11.8. The molecule has 2 aromatic rings. The molecule has 142 valence electrons. The van der Waals surface area contributed by atoms with Crippen LogP contribution in [0.5, 0.6) is 0 Å². The number of rotatable bonds is 8. The first-order valence-electron chi connectivity index (χ1n) is 10.4. The number of amides is 1. The van der Waals surface area contributed by atoms with E-state index in [-0.39, 0.29) is 18.0 Å². The van der Waals surface area contributed by atoms with Crippen molar-refractivity contribution in [2.45, 2.75) is 64.0 Å². The van der Waals surface area contributed by atoms with E-state index in [1.54, 1.807) is 0 Å². The first-order valence-corrected chi connectivity index (χ1v) is 10.4. The van der Waals surface area contributed by atoms with Crippen molar-refractivity contribution in [2.75, 3.05) is 0 Å². The van der Waals surface area contributed by atoms with E-state index in [0.717, 1.165) is 19.3 Å². The molecule has 0 aliphatic carbocycles. The second-order valence-corrected chi connectivity index (χ2v) is 7.43. The average molecular weight is 362 g/mol. The molecule has 1 heterocycles. The molecule has 0 saturated carbocycles. The van der Waals surface area contributed by atoms with Crippen molar-refractivity contribution in [3.05, 3.63) is 83.9 Å². The van der Waals surface area contributed by atoms with Crippen LogP contribution in [0.25, 0.3) is 0 Å². The van der Waals surface area contributed by atoms with Gasteiger partial charge in [-0.1, -0.05) is 92.9 Å². The van der Waals surface area contributed by atoms with E-state index >= 15 is 0 Å². The molecule has 2 aromatic carbocycles. The van der Waals surface area contributed by atoms with Crippen LogP contribution in [-0.4, -0.2) is 10.8 Å². The smallest absolute Gasteiger partial charge is 0.247 e. The number of carbonyl (C=O) groups excluding carboxylic acids is 1. The lowest BCUT2D eigenvalue weighted by Gasteiger charge is -2.30. The minimum atomic E-state index is 0.144. The zero-order valence-electron chi connectivity index (χ0n) is 16.4. The van der Waals surface area contributed by atoms with Crippen molar-refractivity contribution in [3.8, 4) is 0 Å². The number of unbranched alkanes of at least 4 members (excludes halogenated alkanes) is 4. The van der Waals surface area contributed by atoms with Gasteiger partial charge in [0.1, 0.15) is 0 Å². The van der Waals surface area contributed by atoms with Gasteiger partial charge in [-0.05, 0) is 42.9 Å². The fraction of sp³-hybridized carbons (Fsp3) is 0.400. The summed E-state index contributed by atoms with van der Waals surface area (Å²) in [5.41, 5.74) is 2.47. The van der Waals surface area contributed by atoms with Gasteiger partial charge >= 0.3 is 0 Å². The first kappa shape index (κ1) is 19.4. The Hall–Kier alpha value is -2.35. The Morgan fingerprint density at radius 2 is 1.44 bits per heavy atom. The topological polar surface area (TPSA) is 20.3 Å². The second-order valence-electron chi connectivity index (χ2n) is 7.43. The Labute approximate surface area is 163 Å². The number of benzene rings is 2. The van der Waals surface area contributed by atoms with Crippen LogP contribution in [-0.2, 0) is 4.79 Å². The van der Waals surface area contributed by atoms with E-state index in [1.165, 1.54) is 36.8 Å². The lowest BCUT2D eigenvalue weighted by atomic mass is 10.0. The van der Waals surface area contributed by atoms with Gasteiger partial charge in [0, 0.05) is 0 Å². The summed E-state index contributed by atoms with van der Waals surface area (Å²) < 4.78 is 0. The van der Waals surface area contributed by atoms with Crippen LogP contribution in [0, 0.1) is 0 Å².